The molecule has 0 amide bonds. The fourth-order valence-electron chi connectivity index (χ4n) is 1.61. The van der Waals surface area contributed by atoms with Crippen LogP contribution < -0.4 is 10.7 Å². The van der Waals surface area contributed by atoms with Gasteiger partial charge in [-0.3, -0.25) is 14.4 Å². The topological polar surface area (TPSA) is 113 Å². The molecule has 0 spiro atoms. The highest BCUT2D eigenvalue weighted by Gasteiger charge is 2.26. The highest BCUT2D eigenvalue weighted by molar-refractivity contribution is 7.86. The molecule has 0 saturated carbocycles. The van der Waals surface area contributed by atoms with Crippen molar-refractivity contribution < 1.29 is 17.8 Å². The van der Waals surface area contributed by atoms with Crippen molar-refractivity contribution >= 4 is 33.0 Å². The van der Waals surface area contributed by atoms with Gasteiger partial charge in [-0.15, -0.1) is 0 Å². The van der Waals surface area contributed by atoms with Crippen molar-refractivity contribution in [2.24, 2.45) is 5.10 Å². The smallest absolute Gasteiger partial charge is 0.296 e. The van der Waals surface area contributed by atoms with Gasteiger partial charge in [0.1, 0.15) is 17.2 Å². The second-order valence-electron chi connectivity index (χ2n) is 3.87. The van der Waals surface area contributed by atoms with Gasteiger partial charge in [-0.05, 0) is 25.1 Å². The van der Waals surface area contributed by atoms with Crippen LogP contribution in [0.3, 0.4) is 0 Å². The van der Waals surface area contributed by atoms with Crippen LogP contribution in [0.5, 0.6) is 0 Å². The number of hydrazone groups is 1. The molecule has 0 saturated heterocycles. The van der Waals surface area contributed by atoms with Gasteiger partial charge < -0.3 is 5.73 Å². The molecule has 0 unspecified atom stereocenters. The van der Waals surface area contributed by atoms with Crippen molar-refractivity contribution in [3.63, 3.8) is 0 Å². The zero-order valence-electron chi connectivity index (χ0n) is 9.49. The maximum absolute atomic E-state index is 11.4. The summed E-state index contributed by atoms with van der Waals surface area (Å²) < 4.78 is 31.7. The molecule has 0 fully saturated rings. The Labute approximate surface area is 104 Å². The van der Waals surface area contributed by atoms with Gasteiger partial charge in [0.25, 0.3) is 10.1 Å². The quantitative estimate of drug-likeness (QED) is 0.589. The lowest BCUT2D eigenvalue weighted by molar-refractivity contribution is -0.111. The summed E-state index contributed by atoms with van der Waals surface area (Å²) in [5, 5.41) is 5.15. The van der Waals surface area contributed by atoms with E-state index in [4.69, 9.17) is 10.3 Å². The van der Waals surface area contributed by atoms with E-state index in [0.29, 0.717) is 0 Å². The van der Waals surface area contributed by atoms with E-state index < -0.39 is 10.1 Å². The summed E-state index contributed by atoms with van der Waals surface area (Å²) in [6.45, 7) is 1.48. The molecule has 0 aliphatic carbocycles. The van der Waals surface area contributed by atoms with Gasteiger partial charge in [0.15, 0.2) is 5.78 Å². The molecule has 2 rings (SSSR count). The van der Waals surface area contributed by atoms with Gasteiger partial charge in [0, 0.05) is 5.69 Å². The van der Waals surface area contributed by atoms with Crippen LogP contribution >= 0.6 is 0 Å². The van der Waals surface area contributed by atoms with E-state index in [-0.39, 0.29) is 34.3 Å². The molecule has 0 atom stereocenters. The number of benzene rings is 1. The molecule has 3 N–H and O–H groups in total. The number of Topliss-reactive ketones (excluding diaryl/α,β-unsaturated/α-hetero) is 1. The summed E-state index contributed by atoms with van der Waals surface area (Å²) in [5.41, 5.74) is 6.08. The Morgan fingerprint density at radius 1 is 1.44 bits per heavy atom. The van der Waals surface area contributed by atoms with Crippen LogP contribution in [0.2, 0.25) is 0 Å². The number of anilines is 2. The number of hydrogen-bond acceptors (Lipinski definition) is 6. The highest BCUT2D eigenvalue weighted by atomic mass is 32.2. The van der Waals surface area contributed by atoms with E-state index in [9.17, 15) is 13.2 Å². The van der Waals surface area contributed by atoms with Gasteiger partial charge in [-0.1, -0.05) is 0 Å². The Hall–Kier alpha value is -1.93. The van der Waals surface area contributed by atoms with E-state index >= 15 is 0 Å². The van der Waals surface area contributed by atoms with E-state index in [1.165, 1.54) is 24.1 Å². The molecule has 1 aliphatic rings. The van der Waals surface area contributed by atoms with Gasteiger partial charge in [0.2, 0.25) is 0 Å². The van der Waals surface area contributed by atoms with Crippen molar-refractivity contribution in [3.8, 4) is 0 Å². The van der Waals surface area contributed by atoms with Gasteiger partial charge >= 0.3 is 0 Å². The molecule has 7 nitrogen and oxygen atoms in total. The molecular formula is C10H11N3O4S. The standard InChI is InChI=1S/C10H11N3O4S/c1-6-9(14)5-13(12-6)8-3-2-7(11)4-10(8)18(15,16)17/h2-4H,5,11H2,1H3,(H,15,16,17). The van der Waals surface area contributed by atoms with Gasteiger partial charge in [-0.2, -0.15) is 13.5 Å². The first kappa shape index (κ1) is 12.5. The summed E-state index contributed by atoms with van der Waals surface area (Å²) in [4.78, 5) is 11.0. The second kappa shape index (κ2) is 4.07. The van der Waals surface area contributed by atoms with Crippen molar-refractivity contribution in [3.05, 3.63) is 18.2 Å². The largest absolute Gasteiger partial charge is 0.399 e. The Bertz CT molecular complexity index is 651. The maximum Gasteiger partial charge on any atom is 0.296 e. The first-order valence-electron chi connectivity index (χ1n) is 5.02. The average Bonchev–Trinajstić information content (AvgIpc) is 2.57. The van der Waals surface area contributed by atoms with Crippen molar-refractivity contribution in [2.45, 2.75) is 11.8 Å². The maximum atomic E-state index is 11.4. The summed E-state index contributed by atoms with van der Waals surface area (Å²) in [6.07, 6.45) is 0. The summed E-state index contributed by atoms with van der Waals surface area (Å²) >= 11 is 0. The number of nitrogens with two attached hydrogens (primary N) is 1. The van der Waals surface area contributed by atoms with Gasteiger partial charge in [-0.25, -0.2) is 0 Å². The zero-order valence-corrected chi connectivity index (χ0v) is 10.3. The predicted octanol–water partition coefficient (Wildman–Crippen LogP) is 0.280. The summed E-state index contributed by atoms with van der Waals surface area (Å²) in [6, 6.07) is 3.99. The third-order valence-electron chi connectivity index (χ3n) is 2.51. The molecule has 96 valence electrons. The minimum absolute atomic E-state index is 0.0573. The lowest BCUT2D eigenvalue weighted by Crippen LogP contribution is -2.20. The van der Waals surface area contributed by atoms with Gasteiger partial charge in [0.05, 0.1) is 5.69 Å². The molecule has 8 heteroatoms. The molecule has 0 bridgehead atoms. The monoisotopic (exact) mass is 269 g/mol. The Morgan fingerprint density at radius 3 is 2.61 bits per heavy atom. The van der Waals surface area contributed by atoms with Crippen molar-refractivity contribution in [1.82, 2.24) is 0 Å². The van der Waals surface area contributed by atoms with Crippen LogP contribution in [-0.2, 0) is 14.9 Å². The highest BCUT2D eigenvalue weighted by Crippen LogP contribution is 2.29. The van der Waals surface area contributed by atoms with Crippen LogP contribution in [0.4, 0.5) is 11.4 Å². The first-order valence-corrected chi connectivity index (χ1v) is 6.46. The fourth-order valence-corrected chi connectivity index (χ4v) is 2.33. The molecule has 1 heterocycles. The van der Waals surface area contributed by atoms with Crippen LogP contribution in [0.15, 0.2) is 28.2 Å². The molecular weight excluding hydrogens is 258 g/mol. The fraction of sp³-hybridized carbons (Fsp3) is 0.200. The van der Waals surface area contributed by atoms with Crippen molar-refractivity contribution in [2.75, 3.05) is 17.3 Å². The van der Waals surface area contributed by atoms with E-state index in [0.717, 1.165) is 6.07 Å². The summed E-state index contributed by atoms with van der Waals surface area (Å²) in [7, 11) is -4.43. The number of ketones is 1. The number of carbonyl (C=O) groups is 1. The average molecular weight is 269 g/mol. The lowest BCUT2D eigenvalue weighted by atomic mass is 10.2. The third-order valence-corrected chi connectivity index (χ3v) is 3.39. The minimum atomic E-state index is -4.43. The first-order chi connectivity index (χ1) is 8.29. The Balaban J connectivity index is 2.56. The molecule has 0 aromatic heterocycles. The Morgan fingerprint density at radius 2 is 2.11 bits per heavy atom. The normalized spacial score (nSPS) is 16.0. The van der Waals surface area contributed by atoms with Crippen molar-refractivity contribution in [1.29, 1.82) is 0 Å². The SMILES string of the molecule is CC1=NN(c2ccc(N)cc2S(=O)(=O)O)CC1=O. The molecule has 0 radical (unpaired) electrons. The Kier molecular flexibility index (Phi) is 2.83. The molecule has 1 aromatic rings. The van der Waals surface area contributed by atoms with Crippen LogP contribution in [0.25, 0.3) is 0 Å². The number of carbonyl (C=O) groups excluding carboxylic acids is 1. The van der Waals surface area contributed by atoms with E-state index in [1.54, 1.807) is 0 Å². The lowest BCUT2D eigenvalue weighted by Gasteiger charge is -2.16. The van der Waals surface area contributed by atoms with Crippen LogP contribution in [-0.4, -0.2) is 31.0 Å². The van der Waals surface area contributed by atoms with Crippen LogP contribution in [0.1, 0.15) is 6.92 Å². The number of rotatable bonds is 2. The third kappa shape index (κ3) is 2.20. The zero-order chi connectivity index (χ0) is 13.5. The molecule has 1 aliphatic heterocycles. The molecule has 1 aromatic carbocycles. The predicted molar refractivity (Wildman–Crippen MR) is 66.1 cm³/mol. The number of nitrogen functional groups attached to an aromatic ring is 1. The number of nitrogens with zero attached hydrogens (tertiary/aromatic N) is 2. The van der Waals surface area contributed by atoms with E-state index in [2.05, 4.69) is 5.10 Å². The molecule has 18 heavy (non-hydrogen) atoms. The number of hydrogen-bond donors (Lipinski definition) is 2. The second-order valence-corrected chi connectivity index (χ2v) is 5.26. The minimum Gasteiger partial charge on any atom is -0.399 e. The summed E-state index contributed by atoms with van der Waals surface area (Å²) in [5.74, 6) is -0.201. The van der Waals surface area contributed by atoms with E-state index in [1.807, 2.05) is 0 Å². The van der Waals surface area contributed by atoms with Crippen LogP contribution in [0, 0.1) is 0 Å².